The van der Waals surface area contributed by atoms with Crippen molar-refractivity contribution >= 4 is 32.7 Å². The SMILES string of the molecule is NC(=O)c1ccc(NS(=O)(=O)c2ccc3oc(=O)[nH]c3c2)cc1. The first kappa shape index (κ1) is 14.9. The van der Waals surface area contributed by atoms with E-state index in [1.807, 2.05) is 0 Å². The summed E-state index contributed by atoms with van der Waals surface area (Å²) in [5.74, 6) is -1.27. The fraction of sp³-hybridized carbons (Fsp3) is 0. The second kappa shape index (κ2) is 5.29. The molecule has 3 rings (SSSR count). The Morgan fingerprint density at radius 1 is 1.13 bits per heavy atom. The van der Waals surface area contributed by atoms with Crippen molar-refractivity contribution in [1.82, 2.24) is 4.98 Å². The Balaban J connectivity index is 1.93. The molecule has 0 saturated heterocycles. The normalized spacial score (nSPS) is 11.5. The van der Waals surface area contributed by atoms with E-state index in [1.54, 1.807) is 0 Å². The van der Waals surface area contributed by atoms with E-state index in [2.05, 4.69) is 9.71 Å². The van der Waals surface area contributed by atoms with E-state index in [4.69, 9.17) is 10.2 Å². The number of carbonyl (C=O) groups excluding carboxylic acids is 1. The van der Waals surface area contributed by atoms with Crippen LogP contribution in [0, 0.1) is 0 Å². The minimum atomic E-state index is -3.86. The molecule has 0 bridgehead atoms. The Morgan fingerprint density at radius 3 is 2.48 bits per heavy atom. The third-order valence-corrected chi connectivity index (χ3v) is 4.50. The summed E-state index contributed by atoms with van der Waals surface area (Å²) in [4.78, 5) is 24.4. The van der Waals surface area contributed by atoms with Crippen molar-refractivity contribution < 1.29 is 17.6 Å². The molecule has 0 spiro atoms. The first-order valence-electron chi connectivity index (χ1n) is 6.41. The number of H-pyrrole nitrogens is 1. The summed E-state index contributed by atoms with van der Waals surface area (Å²) in [6.07, 6.45) is 0. The largest absolute Gasteiger partial charge is 0.417 e. The Labute approximate surface area is 130 Å². The maximum atomic E-state index is 12.3. The van der Waals surface area contributed by atoms with Crippen LogP contribution < -0.4 is 16.2 Å². The van der Waals surface area contributed by atoms with Gasteiger partial charge in [0.15, 0.2) is 5.58 Å². The molecule has 3 aromatic rings. The lowest BCUT2D eigenvalue weighted by Gasteiger charge is -2.08. The molecule has 0 aliphatic carbocycles. The monoisotopic (exact) mass is 333 g/mol. The molecule has 1 amide bonds. The number of aromatic amines is 1. The highest BCUT2D eigenvalue weighted by Crippen LogP contribution is 2.20. The van der Waals surface area contributed by atoms with Gasteiger partial charge in [-0.3, -0.25) is 14.5 Å². The van der Waals surface area contributed by atoms with Crippen LogP contribution in [-0.4, -0.2) is 19.3 Å². The summed E-state index contributed by atoms with van der Waals surface area (Å²) >= 11 is 0. The van der Waals surface area contributed by atoms with Gasteiger partial charge < -0.3 is 10.2 Å². The fourth-order valence-electron chi connectivity index (χ4n) is 2.01. The van der Waals surface area contributed by atoms with Crippen LogP contribution in [-0.2, 0) is 10.0 Å². The van der Waals surface area contributed by atoms with Crippen LogP contribution in [0.15, 0.2) is 56.6 Å². The van der Waals surface area contributed by atoms with Crippen molar-refractivity contribution in [2.24, 2.45) is 5.73 Å². The summed E-state index contributed by atoms with van der Waals surface area (Å²) < 4.78 is 31.9. The molecule has 0 atom stereocenters. The molecule has 2 aromatic carbocycles. The second-order valence-corrected chi connectivity index (χ2v) is 6.40. The zero-order valence-electron chi connectivity index (χ0n) is 11.6. The zero-order valence-corrected chi connectivity index (χ0v) is 12.4. The van der Waals surface area contributed by atoms with E-state index >= 15 is 0 Å². The summed E-state index contributed by atoms with van der Waals surface area (Å²) in [6.45, 7) is 0. The van der Waals surface area contributed by atoms with Crippen LogP contribution >= 0.6 is 0 Å². The molecule has 23 heavy (non-hydrogen) atoms. The lowest BCUT2D eigenvalue weighted by atomic mass is 10.2. The maximum Gasteiger partial charge on any atom is 0.417 e. The Bertz CT molecular complexity index is 1050. The highest BCUT2D eigenvalue weighted by atomic mass is 32.2. The number of primary amides is 1. The van der Waals surface area contributed by atoms with Gasteiger partial charge in [-0.15, -0.1) is 0 Å². The number of hydrogen-bond donors (Lipinski definition) is 3. The quantitative estimate of drug-likeness (QED) is 0.655. The Kier molecular flexibility index (Phi) is 3.41. The first-order valence-corrected chi connectivity index (χ1v) is 7.89. The van der Waals surface area contributed by atoms with Crippen LogP contribution in [0.25, 0.3) is 11.1 Å². The zero-order chi connectivity index (χ0) is 16.6. The number of carbonyl (C=O) groups is 1. The highest BCUT2D eigenvalue weighted by molar-refractivity contribution is 7.92. The van der Waals surface area contributed by atoms with Gasteiger partial charge in [-0.05, 0) is 42.5 Å². The average Bonchev–Trinajstić information content (AvgIpc) is 2.86. The number of oxazole rings is 1. The van der Waals surface area contributed by atoms with Crippen LogP contribution in [0.4, 0.5) is 5.69 Å². The molecule has 0 saturated carbocycles. The van der Waals surface area contributed by atoms with Crippen LogP contribution in [0.3, 0.4) is 0 Å². The topological polar surface area (TPSA) is 135 Å². The number of benzene rings is 2. The molecule has 1 heterocycles. The van der Waals surface area contributed by atoms with Crippen molar-refractivity contribution in [3.8, 4) is 0 Å². The van der Waals surface area contributed by atoms with Gasteiger partial charge >= 0.3 is 5.76 Å². The highest BCUT2D eigenvalue weighted by Gasteiger charge is 2.16. The van der Waals surface area contributed by atoms with Gasteiger partial charge in [-0.2, -0.15) is 0 Å². The predicted molar refractivity (Wildman–Crippen MR) is 82.6 cm³/mol. The third kappa shape index (κ3) is 2.94. The van der Waals surface area contributed by atoms with Crippen LogP contribution in [0.1, 0.15) is 10.4 Å². The minimum Gasteiger partial charge on any atom is -0.408 e. The number of anilines is 1. The van der Waals surface area contributed by atoms with Crippen LogP contribution in [0.5, 0.6) is 0 Å². The smallest absolute Gasteiger partial charge is 0.408 e. The molecule has 118 valence electrons. The van der Waals surface area contributed by atoms with Crippen molar-refractivity contribution in [3.63, 3.8) is 0 Å². The summed E-state index contributed by atoms with van der Waals surface area (Å²) in [5.41, 5.74) is 6.21. The van der Waals surface area contributed by atoms with Gasteiger partial charge in [0, 0.05) is 11.3 Å². The molecule has 9 heteroatoms. The van der Waals surface area contributed by atoms with Gasteiger partial charge in [-0.25, -0.2) is 13.2 Å². The van der Waals surface area contributed by atoms with Crippen molar-refractivity contribution in [2.45, 2.75) is 4.90 Å². The first-order chi connectivity index (χ1) is 10.8. The lowest BCUT2D eigenvalue weighted by molar-refractivity contribution is 0.100. The fourth-order valence-corrected chi connectivity index (χ4v) is 3.10. The number of nitrogens with two attached hydrogens (primary N) is 1. The van der Waals surface area contributed by atoms with Gasteiger partial charge in [-0.1, -0.05) is 0 Å². The van der Waals surface area contributed by atoms with Gasteiger partial charge in [0.25, 0.3) is 10.0 Å². The summed E-state index contributed by atoms with van der Waals surface area (Å²) in [7, 11) is -3.86. The number of amides is 1. The molecular weight excluding hydrogens is 322 g/mol. The number of rotatable bonds is 4. The number of fused-ring (bicyclic) bond motifs is 1. The predicted octanol–water partition coefficient (Wildman–Crippen LogP) is 1.02. The second-order valence-electron chi connectivity index (χ2n) is 4.72. The van der Waals surface area contributed by atoms with Crippen molar-refractivity contribution in [3.05, 3.63) is 58.6 Å². The van der Waals surface area contributed by atoms with E-state index in [-0.39, 0.29) is 27.2 Å². The van der Waals surface area contributed by atoms with Crippen molar-refractivity contribution in [1.29, 1.82) is 0 Å². The number of aromatic nitrogens is 1. The number of sulfonamides is 1. The van der Waals surface area contributed by atoms with Gasteiger partial charge in [0.1, 0.15) is 0 Å². The minimum absolute atomic E-state index is 0.0407. The maximum absolute atomic E-state index is 12.3. The van der Waals surface area contributed by atoms with Crippen molar-refractivity contribution in [2.75, 3.05) is 4.72 Å². The molecule has 0 unspecified atom stereocenters. The van der Waals surface area contributed by atoms with E-state index in [0.717, 1.165) is 0 Å². The molecule has 0 radical (unpaired) electrons. The number of hydrogen-bond acceptors (Lipinski definition) is 5. The van der Waals surface area contributed by atoms with E-state index in [1.165, 1.54) is 42.5 Å². The summed E-state index contributed by atoms with van der Waals surface area (Å²) in [6, 6.07) is 9.68. The molecule has 4 N–H and O–H groups in total. The van der Waals surface area contributed by atoms with Gasteiger partial charge in [0.2, 0.25) is 5.91 Å². The lowest BCUT2D eigenvalue weighted by Crippen LogP contribution is -2.14. The average molecular weight is 333 g/mol. The Hall–Kier alpha value is -3.07. The molecule has 0 fully saturated rings. The molecule has 0 aliphatic heterocycles. The summed E-state index contributed by atoms with van der Waals surface area (Å²) in [5, 5.41) is 0. The standard InChI is InChI=1S/C14H11N3O5S/c15-13(18)8-1-3-9(4-2-8)17-23(20,21)10-5-6-12-11(7-10)16-14(19)22-12/h1-7,17H,(H2,15,18)(H,16,19). The molecular formula is C14H11N3O5S. The van der Waals surface area contributed by atoms with E-state index < -0.39 is 21.7 Å². The van der Waals surface area contributed by atoms with E-state index in [9.17, 15) is 18.0 Å². The van der Waals surface area contributed by atoms with Gasteiger partial charge in [0.05, 0.1) is 10.4 Å². The van der Waals surface area contributed by atoms with E-state index in [0.29, 0.717) is 0 Å². The number of nitrogens with one attached hydrogen (secondary N) is 2. The molecule has 8 nitrogen and oxygen atoms in total. The molecule has 0 aliphatic rings. The third-order valence-electron chi connectivity index (χ3n) is 3.12. The Morgan fingerprint density at radius 2 is 1.83 bits per heavy atom. The molecule has 1 aromatic heterocycles. The van der Waals surface area contributed by atoms with Crippen LogP contribution in [0.2, 0.25) is 0 Å².